The Bertz CT molecular complexity index is 1360. The van der Waals surface area contributed by atoms with Crippen molar-refractivity contribution in [2.45, 2.75) is 64.9 Å². The van der Waals surface area contributed by atoms with Crippen molar-refractivity contribution in [3.8, 4) is 11.5 Å². The molecule has 0 saturated heterocycles. The first-order chi connectivity index (χ1) is 18.9. The van der Waals surface area contributed by atoms with E-state index in [2.05, 4.69) is 21.6 Å². The molecule has 0 amide bonds. The minimum Gasteiger partial charge on any atom is -0.490 e. The number of unbranched alkanes of at least 4 members (excludes halogenated alkanes) is 3. The number of nitrogens with zero attached hydrogens (tertiary/aromatic N) is 2. The lowest BCUT2D eigenvalue weighted by Gasteiger charge is -2.10. The van der Waals surface area contributed by atoms with Crippen LogP contribution in [0, 0.1) is 11.6 Å². The normalized spacial score (nSPS) is 11.3. The minimum atomic E-state index is -3.10. The van der Waals surface area contributed by atoms with Crippen molar-refractivity contribution in [3.63, 3.8) is 0 Å². The Morgan fingerprint density at radius 2 is 1.54 bits per heavy atom. The lowest BCUT2D eigenvalue weighted by molar-refractivity contribution is -0.0522. The molecule has 0 bridgehead atoms. The summed E-state index contributed by atoms with van der Waals surface area (Å²) in [7, 11) is 0. The zero-order valence-corrected chi connectivity index (χ0v) is 21.9. The quantitative estimate of drug-likeness (QED) is 0.120. The van der Waals surface area contributed by atoms with Gasteiger partial charge in [-0.3, -0.25) is 0 Å². The van der Waals surface area contributed by atoms with Gasteiger partial charge in [0, 0.05) is 11.8 Å². The largest absolute Gasteiger partial charge is 0.490 e. The van der Waals surface area contributed by atoms with Crippen molar-refractivity contribution in [2.24, 2.45) is 0 Å². The SMILES string of the molecule is CCCCCCOc1cnc(CCc2ccc3c(F)c(CCc4ccc(OC(F)F)c(F)c4)ccc3c2)nc1. The van der Waals surface area contributed by atoms with E-state index in [1.165, 1.54) is 18.9 Å². The molecule has 0 aliphatic rings. The number of hydrogen-bond acceptors (Lipinski definition) is 4. The van der Waals surface area contributed by atoms with Gasteiger partial charge < -0.3 is 9.47 Å². The van der Waals surface area contributed by atoms with Crippen LogP contribution < -0.4 is 9.47 Å². The molecule has 0 saturated carbocycles. The molecule has 0 atom stereocenters. The lowest BCUT2D eigenvalue weighted by atomic mass is 9.98. The first-order valence-electron chi connectivity index (χ1n) is 13.3. The van der Waals surface area contributed by atoms with Crippen LogP contribution in [-0.2, 0) is 25.7 Å². The first-order valence-corrected chi connectivity index (χ1v) is 13.3. The van der Waals surface area contributed by atoms with Crippen LogP contribution in [0.25, 0.3) is 10.8 Å². The molecular weight excluding hydrogens is 508 g/mol. The summed E-state index contributed by atoms with van der Waals surface area (Å²) in [6.45, 7) is -0.249. The molecule has 8 heteroatoms. The second kappa shape index (κ2) is 13.9. The van der Waals surface area contributed by atoms with Crippen LogP contribution in [0.2, 0.25) is 0 Å². The zero-order chi connectivity index (χ0) is 27.6. The van der Waals surface area contributed by atoms with Crippen LogP contribution in [0.5, 0.6) is 11.5 Å². The maximum atomic E-state index is 15.2. The van der Waals surface area contributed by atoms with Gasteiger partial charge in [0.05, 0.1) is 19.0 Å². The monoisotopic (exact) mass is 540 g/mol. The average Bonchev–Trinajstić information content (AvgIpc) is 2.93. The Morgan fingerprint density at radius 3 is 2.28 bits per heavy atom. The fourth-order valence-electron chi connectivity index (χ4n) is 4.43. The molecule has 206 valence electrons. The second-order valence-corrected chi connectivity index (χ2v) is 9.48. The lowest BCUT2D eigenvalue weighted by Crippen LogP contribution is -2.04. The third-order valence-corrected chi connectivity index (χ3v) is 6.58. The average molecular weight is 541 g/mol. The third kappa shape index (κ3) is 8.15. The molecule has 0 N–H and O–H groups in total. The van der Waals surface area contributed by atoms with Gasteiger partial charge in [-0.2, -0.15) is 8.78 Å². The summed E-state index contributed by atoms with van der Waals surface area (Å²) < 4.78 is 63.7. The van der Waals surface area contributed by atoms with Crippen LogP contribution in [-0.4, -0.2) is 23.2 Å². The topological polar surface area (TPSA) is 44.2 Å². The van der Waals surface area contributed by atoms with Gasteiger partial charge in [0.2, 0.25) is 0 Å². The van der Waals surface area contributed by atoms with Gasteiger partial charge in [0.1, 0.15) is 11.6 Å². The molecule has 1 heterocycles. The van der Waals surface area contributed by atoms with E-state index in [1.807, 2.05) is 18.2 Å². The highest BCUT2D eigenvalue weighted by molar-refractivity contribution is 5.84. The number of alkyl halides is 2. The number of halogens is 4. The van der Waals surface area contributed by atoms with E-state index in [9.17, 15) is 13.2 Å². The Labute approximate surface area is 226 Å². The standard InChI is InChI=1S/C31H32F4N2O2/c1-2-3-4-5-16-38-25-19-36-29(37-20-25)15-9-21-7-13-26-24(17-21)12-11-23(30(26)33)10-6-22-8-14-28(27(32)18-22)39-31(34)35/h7-8,11-14,17-20,31H,2-6,9-10,15-16H2,1H3. The second-order valence-electron chi connectivity index (χ2n) is 9.48. The van der Waals surface area contributed by atoms with Crippen molar-refractivity contribution in [2.75, 3.05) is 6.61 Å². The molecule has 3 aromatic carbocycles. The van der Waals surface area contributed by atoms with Gasteiger partial charge in [-0.1, -0.05) is 62.6 Å². The number of rotatable bonds is 14. The Hall–Kier alpha value is -3.68. The highest BCUT2D eigenvalue weighted by Gasteiger charge is 2.12. The molecule has 0 fully saturated rings. The Balaban J connectivity index is 1.32. The summed E-state index contributed by atoms with van der Waals surface area (Å²) in [5, 5.41) is 1.31. The van der Waals surface area contributed by atoms with E-state index < -0.39 is 18.2 Å². The predicted octanol–water partition coefficient (Wildman–Crippen LogP) is 8.04. The fourth-order valence-corrected chi connectivity index (χ4v) is 4.43. The van der Waals surface area contributed by atoms with Crippen LogP contribution >= 0.6 is 0 Å². The molecule has 0 aliphatic heterocycles. The summed E-state index contributed by atoms with van der Waals surface area (Å²) in [6.07, 6.45) is 10.1. The van der Waals surface area contributed by atoms with Crippen LogP contribution in [0.1, 0.15) is 55.1 Å². The number of ether oxygens (including phenoxy) is 2. The summed E-state index contributed by atoms with van der Waals surface area (Å²) >= 11 is 0. The number of benzene rings is 3. The van der Waals surface area contributed by atoms with Crippen molar-refractivity contribution in [1.29, 1.82) is 0 Å². The first kappa shape index (κ1) is 28.3. The molecule has 1 aromatic heterocycles. The molecule has 39 heavy (non-hydrogen) atoms. The van der Waals surface area contributed by atoms with Crippen molar-refractivity contribution >= 4 is 10.8 Å². The van der Waals surface area contributed by atoms with Crippen molar-refractivity contribution < 1.29 is 27.0 Å². The molecule has 0 radical (unpaired) electrons. The minimum absolute atomic E-state index is 0.314. The number of fused-ring (bicyclic) bond motifs is 1. The molecule has 4 nitrogen and oxygen atoms in total. The molecule has 0 aliphatic carbocycles. The third-order valence-electron chi connectivity index (χ3n) is 6.58. The Morgan fingerprint density at radius 1 is 0.795 bits per heavy atom. The summed E-state index contributed by atoms with van der Waals surface area (Å²) in [5.41, 5.74) is 2.12. The van der Waals surface area contributed by atoms with Gasteiger partial charge in [0.25, 0.3) is 0 Å². The van der Waals surface area contributed by atoms with Crippen LogP contribution in [0.4, 0.5) is 17.6 Å². The van der Waals surface area contributed by atoms with Crippen molar-refractivity contribution in [3.05, 3.63) is 95.1 Å². The number of aryl methyl sites for hydroxylation is 4. The van der Waals surface area contributed by atoms with Gasteiger partial charge in [-0.05, 0) is 59.9 Å². The predicted molar refractivity (Wildman–Crippen MR) is 143 cm³/mol. The van der Waals surface area contributed by atoms with E-state index in [-0.39, 0.29) is 5.82 Å². The highest BCUT2D eigenvalue weighted by atomic mass is 19.3. The zero-order valence-electron chi connectivity index (χ0n) is 21.9. The van der Waals surface area contributed by atoms with Gasteiger partial charge >= 0.3 is 6.61 Å². The van der Waals surface area contributed by atoms with Crippen LogP contribution in [0.3, 0.4) is 0 Å². The molecule has 4 aromatic rings. The van der Waals surface area contributed by atoms with E-state index >= 15 is 4.39 Å². The maximum Gasteiger partial charge on any atom is 0.387 e. The summed E-state index contributed by atoms with van der Waals surface area (Å²) in [5.74, 6) is -0.292. The van der Waals surface area contributed by atoms with E-state index in [4.69, 9.17) is 4.74 Å². The molecule has 0 unspecified atom stereocenters. The van der Waals surface area contributed by atoms with E-state index in [1.54, 1.807) is 24.5 Å². The molecular formula is C31H32F4N2O2. The summed E-state index contributed by atoms with van der Waals surface area (Å²) in [4.78, 5) is 8.81. The maximum absolute atomic E-state index is 15.2. The fraction of sp³-hybridized carbons (Fsp3) is 0.355. The Kier molecular flexibility index (Phi) is 10.1. The molecule has 0 spiro atoms. The van der Waals surface area contributed by atoms with Gasteiger partial charge in [-0.25, -0.2) is 18.7 Å². The number of aromatic nitrogens is 2. The van der Waals surface area contributed by atoms with E-state index in [0.717, 1.165) is 41.7 Å². The van der Waals surface area contributed by atoms with Gasteiger partial charge in [0.15, 0.2) is 17.3 Å². The molecule has 4 rings (SSSR count). The highest BCUT2D eigenvalue weighted by Crippen LogP contribution is 2.25. The summed E-state index contributed by atoms with van der Waals surface area (Å²) in [6, 6.07) is 13.1. The van der Waals surface area contributed by atoms with Crippen LogP contribution in [0.15, 0.2) is 60.9 Å². The van der Waals surface area contributed by atoms with Gasteiger partial charge in [-0.15, -0.1) is 0 Å². The number of hydrogen-bond donors (Lipinski definition) is 0. The van der Waals surface area contributed by atoms with E-state index in [0.29, 0.717) is 54.6 Å². The van der Waals surface area contributed by atoms with Crippen molar-refractivity contribution in [1.82, 2.24) is 9.97 Å². The smallest absolute Gasteiger partial charge is 0.387 e.